The van der Waals surface area contributed by atoms with Gasteiger partial charge in [0.05, 0.1) is 6.10 Å². The Bertz CT molecular complexity index is 626. The Hall–Kier alpha value is -2.18. The molecule has 2 rings (SSSR count). The molecular weight excluding hydrogens is 288 g/mol. The van der Waals surface area contributed by atoms with Crippen molar-refractivity contribution in [3.8, 4) is 0 Å². The maximum absolute atomic E-state index is 12.0. The van der Waals surface area contributed by atoms with Gasteiger partial charge in [0, 0.05) is 24.7 Å². The number of hydrogen-bond donors (Lipinski definition) is 3. The minimum atomic E-state index is -0.734. The number of rotatable bonds is 5. The average molecular weight is 304 g/mol. The van der Waals surface area contributed by atoms with E-state index in [1.807, 2.05) is 16.8 Å². The van der Waals surface area contributed by atoms with Crippen molar-refractivity contribution < 1.29 is 14.7 Å². The first-order valence-electron chi connectivity index (χ1n) is 6.42. The third-order valence-electron chi connectivity index (χ3n) is 3.00. The van der Waals surface area contributed by atoms with Gasteiger partial charge in [-0.3, -0.25) is 9.59 Å². The van der Waals surface area contributed by atoms with Gasteiger partial charge in [-0.1, -0.05) is 6.07 Å². The molecule has 0 aliphatic rings. The van der Waals surface area contributed by atoms with Gasteiger partial charge in [-0.05, 0) is 40.6 Å². The summed E-state index contributed by atoms with van der Waals surface area (Å²) in [4.78, 5) is 23.6. The second-order valence-corrected chi connectivity index (χ2v) is 5.22. The van der Waals surface area contributed by atoms with Gasteiger partial charge in [0.1, 0.15) is 0 Å². The van der Waals surface area contributed by atoms with Crippen molar-refractivity contribution in [2.45, 2.75) is 6.10 Å². The first kappa shape index (κ1) is 15.2. The third-order valence-corrected chi connectivity index (χ3v) is 3.70. The number of aliphatic hydroxyl groups is 1. The van der Waals surface area contributed by atoms with E-state index < -0.39 is 6.10 Å². The molecule has 0 aliphatic carbocycles. The van der Waals surface area contributed by atoms with Crippen LogP contribution in [0.2, 0.25) is 0 Å². The van der Waals surface area contributed by atoms with E-state index in [2.05, 4.69) is 10.6 Å². The Kier molecular flexibility index (Phi) is 5.08. The SMILES string of the molecule is CNC(=O)c1cccc(C(=O)NCC(O)c2ccsc2)c1. The van der Waals surface area contributed by atoms with Crippen LogP contribution >= 0.6 is 11.3 Å². The van der Waals surface area contributed by atoms with Gasteiger partial charge in [-0.15, -0.1) is 0 Å². The van der Waals surface area contributed by atoms with Crippen LogP contribution < -0.4 is 10.6 Å². The van der Waals surface area contributed by atoms with Gasteiger partial charge in [0.25, 0.3) is 11.8 Å². The second kappa shape index (κ2) is 7.01. The first-order chi connectivity index (χ1) is 10.1. The molecule has 0 fully saturated rings. The van der Waals surface area contributed by atoms with Crippen molar-refractivity contribution in [1.82, 2.24) is 10.6 Å². The summed E-state index contributed by atoms with van der Waals surface area (Å²) in [6.45, 7) is 0.125. The summed E-state index contributed by atoms with van der Waals surface area (Å²) in [5, 5.41) is 18.8. The standard InChI is InChI=1S/C15H16N2O3S/c1-16-14(19)10-3-2-4-11(7-10)15(20)17-8-13(18)12-5-6-21-9-12/h2-7,9,13,18H,8H2,1H3,(H,16,19)(H,17,20). The Balaban J connectivity index is 1.99. The number of nitrogens with one attached hydrogen (secondary N) is 2. The van der Waals surface area contributed by atoms with Crippen molar-refractivity contribution in [3.05, 3.63) is 57.8 Å². The summed E-state index contributed by atoms with van der Waals surface area (Å²) < 4.78 is 0. The molecule has 5 nitrogen and oxygen atoms in total. The second-order valence-electron chi connectivity index (χ2n) is 4.44. The summed E-state index contributed by atoms with van der Waals surface area (Å²) >= 11 is 1.49. The molecule has 0 saturated heterocycles. The molecule has 1 heterocycles. The maximum atomic E-state index is 12.0. The molecule has 2 aromatic rings. The van der Waals surface area contributed by atoms with E-state index in [0.29, 0.717) is 11.1 Å². The molecule has 21 heavy (non-hydrogen) atoms. The Morgan fingerprint density at radius 1 is 1.24 bits per heavy atom. The monoisotopic (exact) mass is 304 g/mol. The molecule has 0 spiro atoms. The van der Waals surface area contributed by atoms with Crippen LogP contribution in [0.4, 0.5) is 0 Å². The number of aliphatic hydroxyl groups excluding tert-OH is 1. The molecule has 3 N–H and O–H groups in total. The van der Waals surface area contributed by atoms with E-state index in [1.165, 1.54) is 24.5 Å². The summed E-state index contributed by atoms with van der Waals surface area (Å²) in [6, 6.07) is 8.24. The zero-order chi connectivity index (χ0) is 15.2. The number of carbonyl (C=O) groups excluding carboxylic acids is 2. The molecule has 0 bridgehead atoms. The zero-order valence-corrected chi connectivity index (χ0v) is 12.3. The van der Waals surface area contributed by atoms with Crippen LogP contribution in [0.15, 0.2) is 41.1 Å². The lowest BCUT2D eigenvalue weighted by Crippen LogP contribution is -2.28. The van der Waals surface area contributed by atoms with E-state index in [4.69, 9.17) is 0 Å². The highest BCUT2D eigenvalue weighted by atomic mass is 32.1. The molecule has 1 unspecified atom stereocenters. The molecule has 1 aromatic carbocycles. The van der Waals surface area contributed by atoms with Crippen LogP contribution in [-0.4, -0.2) is 30.5 Å². The van der Waals surface area contributed by atoms with Crippen LogP contribution in [0.1, 0.15) is 32.4 Å². The van der Waals surface area contributed by atoms with Crippen molar-refractivity contribution in [3.63, 3.8) is 0 Å². The smallest absolute Gasteiger partial charge is 0.251 e. The van der Waals surface area contributed by atoms with Gasteiger partial charge in [0.2, 0.25) is 0 Å². The largest absolute Gasteiger partial charge is 0.387 e. The minimum Gasteiger partial charge on any atom is -0.387 e. The summed E-state index contributed by atoms with van der Waals surface area (Å²) in [7, 11) is 1.53. The third kappa shape index (κ3) is 3.90. The molecular formula is C15H16N2O3S. The fraction of sp³-hybridized carbons (Fsp3) is 0.200. The topological polar surface area (TPSA) is 78.4 Å². The van der Waals surface area contributed by atoms with Crippen molar-refractivity contribution in [2.75, 3.05) is 13.6 Å². The number of carbonyl (C=O) groups is 2. The van der Waals surface area contributed by atoms with Crippen LogP contribution in [-0.2, 0) is 0 Å². The van der Waals surface area contributed by atoms with Gasteiger partial charge in [0.15, 0.2) is 0 Å². The fourth-order valence-corrected chi connectivity index (χ4v) is 2.53. The van der Waals surface area contributed by atoms with Gasteiger partial charge >= 0.3 is 0 Å². The Morgan fingerprint density at radius 3 is 2.57 bits per heavy atom. The van der Waals surface area contributed by atoms with E-state index in [-0.39, 0.29) is 18.4 Å². The predicted molar refractivity (Wildman–Crippen MR) is 81.4 cm³/mol. The van der Waals surface area contributed by atoms with E-state index in [1.54, 1.807) is 18.2 Å². The van der Waals surface area contributed by atoms with E-state index in [9.17, 15) is 14.7 Å². The number of benzene rings is 1. The van der Waals surface area contributed by atoms with Crippen LogP contribution in [0.3, 0.4) is 0 Å². The molecule has 2 amide bonds. The first-order valence-corrected chi connectivity index (χ1v) is 7.36. The minimum absolute atomic E-state index is 0.125. The Morgan fingerprint density at radius 2 is 1.95 bits per heavy atom. The predicted octanol–water partition coefficient (Wildman–Crippen LogP) is 1.57. The zero-order valence-electron chi connectivity index (χ0n) is 11.5. The normalized spacial score (nSPS) is 11.7. The van der Waals surface area contributed by atoms with Gasteiger partial charge in [-0.25, -0.2) is 0 Å². The molecule has 1 aromatic heterocycles. The molecule has 0 saturated carbocycles. The van der Waals surface area contributed by atoms with E-state index >= 15 is 0 Å². The lowest BCUT2D eigenvalue weighted by molar-refractivity contribution is 0.0916. The van der Waals surface area contributed by atoms with Crippen LogP contribution in [0, 0.1) is 0 Å². The van der Waals surface area contributed by atoms with Crippen LogP contribution in [0.5, 0.6) is 0 Å². The number of amides is 2. The molecule has 0 aliphatic heterocycles. The summed E-state index contributed by atoms with van der Waals surface area (Å²) in [5.74, 6) is -0.571. The number of thiophene rings is 1. The highest BCUT2D eigenvalue weighted by molar-refractivity contribution is 7.07. The molecule has 110 valence electrons. The number of hydrogen-bond acceptors (Lipinski definition) is 4. The molecule has 0 radical (unpaired) electrons. The quantitative estimate of drug-likeness (QED) is 0.784. The molecule has 1 atom stereocenters. The highest BCUT2D eigenvalue weighted by Gasteiger charge is 2.12. The van der Waals surface area contributed by atoms with Crippen molar-refractivity contribution >= 4 is 23.2 Å². The van der Waals surface area contributed by atoms with Gasteiger partial charge in [-0.2, -0.15) is 11.3 Å². The van der Waals surface area contributed by atoms with Crippen molar-refractivity contribution in [1.29, 1.82) is 0 Å². The summed E-state index contributed by atoms with van der Waals surface area (Å²) in [6.07, 6.45) is -0.734. The Labute approximate surface area is 126 Å². The maximum Gasteiger partial charge on any atom is 0.251 e. The lowest BCUT2D eigenvalue weighted by atomic mass is 10.1. The van der Waals surface area contributed by atoms with Gasteiger partial charge < -0.3 is 15.7 Å². The fourth-order valence-electron chi connectivity index (χ4n) is 1.82. The van der Waals surface area contributed by atoms with E-state index in [0.717, 1.165) is 5.56 Å². The van der Waals surface area contributed by atoms with Crippen molar-refractivity contribution in [2.24, 2.45) is 0 Å². The lowest BCUT2D eigenvalue weighted by Gasteiger charge is -2.11. The summed E-state index contributed by atoms with van der Waals surface area (Å²) in [5.41, 5.74) is 1.58. The highest BCUT2D eigenvalue weighted by Crippen LogP contribution is 2.15. The van der Waals surface area contributed by atoms with Crippen LogP contribution in [0.25, 0.3) is 0 Å². The average Bonchev–Trinajstić information content (AvgIpc) is 3.06. The molecule has 6 heteroatoms.